The summed E-state index contributed by atoms with van der Waals surface area (Å²) in [5.74, 6) is -0.512. The Bertz CT molecular complexity index is 1260. The molecular weight excluding hydrogens is 434 g/mol. The molecule has 166 valence electrons. The number of benzene rings is 3. The van der Waals surface area contributed by atoms with Gasteiger partial charge in [-0.2, -0.15) is 0 Å². The number of anilines is 1. The Morgan fingerprint density at radius 3 is 2.21 bits per heavy atom. The van der Waals surface area contributed by atoms with Crippen LogP contribution >= 0.6 is 11.3 Å². The number of carbonyl (C=O) groups excluding carboxylic acids is 3. The Hall–Kier alpha value is -3.97. The van der Waals surface area contributed by atoms with Gasteiger partial charge in [-0.05, 0) is 52.0 Å². The van der Waals surface area contributed by atoms with Crippen LogP contribution in [0, 0.1) is 0 Å². The van der Waals surface area contributed by atoms with Gasteiger partial charge in [0.2, 0.25) is 5.91 Å². The van der Waals surface area contributed by atoms with Crippen molar-refractivity contribution in [1.29, 1.82) is 0 Å². The Kier molecular flexibility index (Phi) is 7.12. The lowest BCUT2D eigenvalue weighted by Crippen LogP contribution is -2.34. The van der Waals surface area contributed by atoms with E-state index >= 15 is 0 Å². The molecule has 4 aromatic rings. The van der Waals surface area contributed by atoms with Crippen LogP contribution in [0.25, 0.3) is 10.8 Å². The van der Waals surface area contributed by atoms with Gasteiger partial charge in [0.05, 0.1) is 11.3 Å². The molecule has 3 N–H and O–H groups in total. The molecule has 0 unspecified atom stereocenters. The summed E-state index contributed by atoms with van der Waals surface area (Å²) in [4.78, 5) is 37.4. The molecule has 3 aromatic carbocycles. The van der Waals surface area contributed by atoms with E-state index in [0.717, 1.165) is 16.3 Å². The minimum Gasteiger partial charge on any atom is -0.350 e. The maximum atomic E-state index is 12.5. The average molecular weight is 458 g/mol. The molecule has 3 amide bonds. The van der Waals surface area contributed by atoms with E-state index < -0.39 is 0 Å². The van der Waals surface area contributed by atoms with Crippen molar-refractivity contribution >= 4 is 45.5 Å². The van der Waals surface area contributed by atoms with Crippen molar-refractivity contribution in [2.75, 3.05) is 18.4 Å². The molecule has 4 rings (SSSR count). The van der Waals surface area contributed by atoms with Crippen LogP contribution in [-0.4, -0.2) is 30.8 Å². The summed E-state index contributed by atoms with van der Waals surface area (Å²) in [6.07, 6.45) is 0.265. The van der Waals surface area contributed by atoms with Crippen LogP contribution in [0.2, 0.25) is 0 Å². The Morgan fingerprint density at radius 1 is 0.727 bits per heavy atom. The molecule has 0 saturated heterocycles. The van der Waals surface area contributed by atoms with Crippen LogP contribution in [-0.2, 0) is 11.2 Å². The number of hydrogen-bond donors (Lipinski definition) is 3. The van der Waals surface area contributed by atoms with Gasteiger partial charge >= 0.3 is 0 Å². The van der Waals surface area contributed by atoms with Crippen molar-refractivity contribution in [3.05, 3.63) is 100 Å². The number of rotatable bonds is 8. The lowest BCUT2D eigenvalue weighted by atomic mass is 10.0. The number of fused-ring (bicyclic) bond motifs is 1. The van der Waals surface area contributed by atoms with Gasteiger partial charge in [-0.3, -0.25) is 14.4 Å². The molecule has 0 fully saturated rings. The number of amides is 3. The second-order valence-electron chi connectivity index (χ2n) is 7.43. The first-order chi connectivity index (χ1) is 16.1. The Balaban J connectivity index is 1.25. The predicted octanol–water partition coefficient (Wildman–Crippen LogP) is 4.24. The molecule has 0 aliphatic rings. The largest absolute Gasteiger partial charge is 0.350 e. The zero-order chi connectivity index (χ0) is 23.0. The molecule has 0 saturated carbocycles. The van der Waals surface area contributed by atoms with E-state index in [-0.39, 0.29) is 24.1 Å². The summed E-state index contributed by atoms with van der Waals surface area (Å²) < 4.78 is 0. The second-order valence-corrected chi connectivity index (χ2v) is 8.38. The van der Waals surface area contributed by atoms with E-state index in [1.54, 1.807) is 30.3 Å². The van der Waals surface area contributed by atoms with Gasteiger partial charge in [-0.1, -0.05) is 48.5 Å². The Morgan fingerprint density at radius 2 is 1.45 bits per heavy atom. The van der Waals surface area contributed by atoms with E-state index in [2.05, 4.69) is 16.0 Å². The summed E-state index contributed by atoms with van der Waals surface area (Å²) in [5, 5.41) is 12.4. The molecule has 0 atom stereocenters. The number of hydrogen-bond acceptors (Lipinski definition) is 4. The lowest BCUT2D eigenvalue weighted by Gasteiger charge is -2.09. The molecule has 7 heteroatoms. The molecule has 1 heterocycles. The first-order valence-corrected chi connectivity index (χ1v) is 11.4. The fraction of sp³-hybridized carbons (Fsp3) is 0.115. The highest BCUT2D eigenvalue weighted by Crippen LogP contribution is 2.19. The van der Waals surface area contributed by atoms with E-state index in [1.165, 1.54) is 11.3 Å². The normalized spacial score (nSPS) is 10.5. The van der Waals surface area contributed by atoms with Crippen LogP contribution < -0.4 is 16.0 Å². The molecule has 1 aromatic heterocycles. The first kappa shape index (κ1) is 22.2. The molecule has 0 aliphatic heterocycles. The van der Waals surface area contributed by atoms with Crippen LogP contribution in [0.5, 0.6) is 0 Å². The van der Waals surface area contributed by atoms with Crippen LogP contribution in [0.15, 0.2) is 84.2 Å². The van der Waals surface area contributed by atoms with Gasteiger partial charge in [0.15, 0.2) is 0 Å². The Labute approximate surface area is 195 Å². The molecule has 0 spiro atoms. The quantitative estimate of drug-likeness (QED) is 0.346. The third-order valence-corrected chi connectivity index (χ3v) is 5.97. The van der Waals surface area contributed by atoms with Gasteiger partial charge in [-0.25, -0.2) is 0 Å². The molecule has 33 heavy (non-hydrogen) atoms. The summed E-state index contributed by atoms with van der Waals surface area (Å²) in [6.45, 7) is 0.657. The van der Waals surface area contributed by atoms with Crippen molar-refractivity contribution in [3.63, 3.8) is 0 Å². The van der Waals surface area contributed by atoms with Gasteiger partial charge in [0, 0.05) is 24.3 Å². The van der Waals surface area contributed by atoms with E-state index in [4.69, 9.17) is 0 Å². The van der Waals surface area contributed by atoms with E-state index in [1.807, 2.05) is 53.9 Å². The lowest BCUT2D eigenvalue weighted by molar-refractivity contribution is -0.115. The molecule has 0 radical (unpaired) electrons. The third kappa shape index (κ3) is 5.84. The fourth-order valence-corrected chi connectivity index (χ4v) is 4.12. The zero-order valence-electron chi connectivity index (χ0n) is 17.8. The first-order valence-electron chi connectivity index (χ1n) is 10.6. The second kappa shape index (κ2) is 10.6. The van der Waals surface area contributed by atoms with Gasteiger partial charge < -0.3 is 16.0 Å². The zero-order valence-corrected chi connectivity index (χ0v) is 18.7. The van der Waals surface area contributed by atoms with Crippen molar-refractivity contribution in [2.45, 2.75) is 6.42 Å². The summed E-state index contributed by atoms with van der Waals surface area (Å²) in [5.41, 5.74) is 2.07. The van der Waals surface area contributed by atoms with Gasteiger partial charge in [0.1, 0.15) is 0 Å². The summed E-state index contributed by atoms with van der Waals surface area (Å²) >= 11 is 1.37. The fourth-order valence-electron chi connectivity index (χ4n) is 3.48. The summed E-state index contributed by atoms with van der Waals surface area (Å²) in [6, 6.07) is 24.2. The highest BCUT2D eigenvalue weighted by molar-refractivity contribution is 7.12. The SMILES string of the molecule is O=C(Cc1cccc2ccccc12)Nc1ccc(C(=O)NCCNC(=O)c2cccs2)cc1. The average Bonchev–Trinajstić information content (AvgIpc) is 3.37. The minimum atomic E-state index is -0.242. The number of nitrogens with one attached hydrogen (secondary N) is 3. The maximum absolute atomic E-state index is 12.5. The van der Waals surface area contributed by atoms with E-state index in [9.17, 15) is 14.4 Å². The topological polar surface area (TPSA) is 87.3 Å². The highest BCUT2D eigenvalue weighted by Gasteiger charge is 2.10. The number of thiophene rings is 1. The number of carbonyl (C=O) groups is 3. The minimum absolute atomic E-state index is 0.120. The van der Waals surface area contributed by atoms with E-state index in [0.29, 0.717) is 29.2 Å². The van der Waals surface area contributed by atoms with Crippen molar-refractivity contribution in [3.8, 4) is 0 Å². The van der Waals surface area contributed by atoms with Crippen LogP contribution in [0.4, 0.5) is 5.69 Å². The van der Waals surface area contributed by atoms with Crippen LogP contribution in [0.1, 0.15) is 25.6 Å². The molecule has 0 aliphatic carbocycles. The molecular formula is C26H23N3O3S. The van der Waals surface area contributed by atoms with Crippen molar-refractivity contribution < 1.29 is 14.4 Å². The van der Waals surface area contributed by atoms with Gasteiger partial charge in [0.25, 0.3) is 11.8 Å². The standard InChI is InChI=1S/C26H23N3O3S/c30-24(17-20-7-3-6-18-5-1-2-8-22(18)20)29-21-12-10-19(11-13-21)25(31)27-14-15-28-26(32)23-9-4-16-33-23/h1-13,16H,14-15,17H2,(H,27,31)(H,28,32)(H,29,30). The summed E-state index contributed by atoms with van der Waals surface area (Å²) in [7, 11) is 0. The predicted molar refractivity (Wildman–Crippen MR) is 132 cm³/mol. The van der Waals surface area contributed by atoms with Crippen molar-refractivity contribution in [1.82, 2.24) is 10.6 Å². The monoisotopic (exact) mass is 457 g/mol. The van der Waals surface area contributed by atoms with Gasteiger partial charge in [-0.15, -0.1) is 11.3 Å². The molecule has 6 nitrogen and oxygen atoms in total. The highest BCUT2D eigenvalue weighted by atomic mass is 32.1. The third-order valence-electron chi connectivity index (χ3n) is 5.10. The molecule has 0 bridgehead atoms. The smallest absolute Gasteiger partial charge is 0.261 e. The maximum Gasteiger partial charge on any atom is 0.261 e. The van der Waals surface area contributed by atoms with Crippen LogP contribution in [0.3, 0.4) is 0 Å². The van der Waals surface area contributed by atoms with Crippen molar-refractivity contribution in [2.24, 2.45) is 0 Å².